The first kappa shape index (κ1) is 30.0. The molecule has 2 aromatic rings. The first-order valence-electron chi connectivity index (χ1n) is 12.1. The van der Waals surface area contributed by atoms with Crippen molar-refractivity contribution in [3.8, 4) is 0 Å². The normalized spacial score (nSPS) is 21.7. The van der Waals surface area contributed by atoms with E-state index in [1.807, 2.05) is 0 Å². The number of allylic oxidation sites excluding steroid dienone is 4. The number of halogens is 2. The monoisotopic (exact) mass is 576 g/mol. The zero-order valence-electron chi connectivity index (χ0n) is 22.7. The molecule has 0 atom stereocenters. The minimum Gasteiger partial charge on any atom is -0.147 e. The third-order valence-electron chi connectivity index (χ3n) is 18.5. The molecule has 0 radical (unpaired) electrons. The molecule has 0 saturated carbocycles. The summed E-state index contributed by atoms with van der Waals surface area (Å²) in [6.45, 7) is 20.8. The zero-order chi connectivity index (χ0) is 23.3. The van der Waals surface area contributed by atoms with Gasteiger partial charge >= 0.3 is 175 Å². The van der Waals surface area contributed by atoms with Crippen molar-refractivity contribution in [3.63, 3.8) is 0 Å². The topological polar surface area (TPSA) is 15.8 Å². The van der Waals surface area contributed by atoms with Crippen molar-refractivity contribution in [2.24, 2.45) is 0 Å². The van der Waals surface area contributed by atoms with Gasteiger partial charge in [-0.2, -0.15) is 0 Å². The molecule has 1 aromatic carbocycles. The van der Waals surface area contributed by atoms with Crippen LogP contribution in [0.4, 0.5) is 0 Å². The summed E-state index contributed by atoms with van der Waals surface area (Å²) in [6, 6.07) is 11.4. The van der Waals surface area contributed by atoms with Gasteiger partial charge in [-0.25, -0.2) is 0 Å². The molecule has 1 aromatic heterocycles. The number of aromatic amines is 1. The van der Waals surface area contributed by atoms with Crippen LogP contribution < -0.4 is 3.40 Å². The number of aromatic nitrogens is 1. The SMILES string of the molecule is C[SiH](C)[Zr]([CH3])([CH3])([CH3])([CH3])([C]1=CC=CC1)([c]1cc2ccccc2[nH]1)([C](C)(C)C)[C](C)(C)C.Cl.Cl. The number of para-hydroxylation sites is 1. The van der Waals surface area contributed by atoms with Gasteiger partial charge in [-0.1, -0.05) is 0 Å². The summed E-state index contributed by atoms with van der Waals surface area (Å²) in [5.74, 6) is -1.58. The van der Waals surface area contributed by atoms with Crippen LogP contribution in [-0.2, 0) is 12.0 Å². The van der Waals surface area contributed by atoms with Gasteiger partial charge in [0.2, 0.25) is 0 Å². The fraction of sp³-hybridized carbons (Fsp3) is 0.556. The van der Waals surface area contributed by atoms with Gasteiger partial charge < -0.3 is 0 Å². The average molecular weight is 579 g/mol. The Labute approximate surface area is 198 Å². The number of fused-ring (bicyclic) bond motifs is 1. The van der Waals surface area contributed by atoms with Crippen LogP contribution in [0.25, 0.3) is 10.9 Å². The van der Waals surface area contributed by atoms with Gasteiger partial charge in [0, 0.05) is 0 Å². The van der Waals surface area contributed by atoms with Crippen LogP contribution in [0.15, 0.2) is 51.8 Å². The molecule has 5 heteroatoms. The maximum atomic E-state index is 4.15. The van der Waals surface area contributed by atoms with Crippen molar-refractivity contribution in [1.82, 2.24) is 4.98 Å². The predicted molar refractivity (Wildman–Crippen MR) is 156 cm³/mol. The Kier molecular flexibility index (Phi) is 4.87. The van der Waals surface area contributed by atoms with E-state index in [2.05, 4.69) is 127 Å². The Hall–Kier alpha value is -0.0800. The number of H-pyrrole nitrogens is 1. The Morgan fingerprint density at radius 2 is 1.34 bits per heavy atom. The third-order valence-corrected chi connectivity index (χ3v) is 155. The number of nitrogens with one attached hydrogen (secondary N) is 1. The van der Waals surface area contributed by atoms with E-state index in [0.29, 0.717) is 0 Å². The number of benzene rings is 1. The van der Waals surface area contributed by atoms with E-state index >= 15 is 0 Å². The summed E-state index contributed by atoms with van der Waals surface area (Å²) >= 11 is -6.14. The molecule has 1 aliphatic carbocycles. The quantitative estimate of drug-likeness (QED) is 0.349. The largest absolute Gasteiger partial charge is 0.147 e. The van der Waals surface area contributed by atoms with Crippen LogP contribution in [0.2, 0.25) is 37.9 Å². The molecule has 32 heavy (non-hydrogen) atoms. The van der Waals surface area contributed by atoms with Crippen molar-refractivity contribution in [3.05, 3.63) is 51.8 Å². The van der Waals surface area contributed by atoms with Crippen molar-refractivity contribution < 1.29 is 12.0 Å². The maximum Gasteiger partial charge on any atom is -0.147 e. The molecule has 0 saturated heterocycles. The standard InChI is InChI=1S/C8H6N.C5H5.2C4H9.C2H7Si.4CH3.2ClH.Zr/c1-2-4-8-7(3-1)5-6-9-8;1-2-4-5-3-1;2*1-4(2)3;1-3-2;;;;;;;/h1-5,9H;1-3H,4H2;2*1-3H3;3H,1-2H3;4*1H3;2*1H;. The molecular formula is C27H50Cl2NSiZr. The summed E-state index contributed by atoms with van der Waals surface area (Å²) in [7, 11) is 0. The Balaban J connectivity index is 0.00000256. The number of rotatable bonds is 3. The van der Waals surface area contributed by atoms with Gasteiger partial charge in [-0.15, -0.1) is 24.8 Å². The fourth-order valence-electron chi connectivity index (χ4n) is 8.95. The van der Waals surface area contributed by atoms with Crippen molar-refractivity contribution >= 4 is 45.0 Å². The second-order valence-corrected chi connectivity index (χ2v) is 107. The zero-order valence-corrected chi connectivity index (χ0v) is 28.0. The summed E-state index contributed by atoms with van der Waals surface area (Å²) in [5, 5.41) is 1.33. The predicted octanol–water partition coefficient (Wildman–Crippen LogP) is 9.93. The van der Waals surface area contributed by atoms with Crippen LogP contribution >= 0.6 is 24.8 Å². The first-order chi connectivity index (χ1) is 13.0. The van der Waals surface area contributed by atoms with Crippen LogP contribution in [0.5, 0.6) is 0 Å². The molecule has 0 bridgehead atoms. The molecule has 3 rings (SSSR count). The smallest absolute Gasteiger partial charge is 0.147 e. The third kappa shape index (κ3) is 1.68. The molecular weight excluding hydrogens is 529 g/mol. The van der Waals surface area contributed by atoms with E-state index in [1.165, 1.54) is 14.3 Å². The van der Waals surface area contributed by atoms with Crippen LogP contribution in [-0.4, -0.2) is 10.9 Å². The van der Waals surface area contributed by atoms with E-state index in [9.17, 15) is 0 Å². The second-order valence-electron chi connectivity index (χ2n) is 18.7. The molecule has 0 unspecified atom stereocenters. The van der Waals surface area contributed by atoms with Gasteiger partial charge in [-0.3, -0.25) is 0 Å². The molecule has 1 nitrogen and oxygen atoms in total. The molecule has 0 spiro atoms. The van der Waals surface area contributed by atoms with Gasteiger partial charge in [-0.05, 0) is 0 Å². The van der Waals surface area contributed by atoms with Crippen molar-refractivity contribution in [1.29, 1.82) is 0 Å². The van der Waals surface area contributed by atoms with E-state index < -0.39 is 17.9 Å². The molecule has 0 amide bonds. The molecule has 1 heterocycles. The van der Waals surface area contributed by atoms with Gasteiger partial charge in [0.15, 0.2) is 0 Å². The van der Waals surface area contributed by atoms with E-state index in [4.69, 9.17) is 0 Å². The summed E-state index contributed by atoms with van der Waals surface area (Å²) in [6.07, 6.45) is 8.30. The fourth-order valence-corrected chi connectivity index (χ4v) is 77.5. The molecule has 185 valence electrons. The maximum absolute atomic E-state index is 6.14. The average Bonchev–Trinajstić information content (AvgIpc) is 3.24. The molecule has 0 aliphatic heterocycles. The summed E-state index contributed by atoms with van der Waals surface area (Å²) in [5.41, 5.74) is 1.26. The number of hydrogen-bond acceptors (Lipinski definition) is 0. The van der Waals surface area contributed by atoms with Gasteiger partial charge in [0.25, 0.3) is 0 Å². The molecule has 1 N–H and O–H groups in total. The Morgan fingerprint density at radius 3 is 1.72 bits per heavy atom. The summed E-state index contributed by atoms with van der Waals surface area (Å²) in [4.78, 5) is 4.15. The van der Waals surface area contributed by atoms with E-state index in [1.54, 1.807) is 3.28 Å². The van der Waals surface area contributed by atoms with Crippen molar-refractivity contribution in [2.75, 3.05) is 0 Å². The van der Waals surface area contributed by atoms with Gasteiger partial charge in [0.1, 0.15) is 0 Å². The summed E-state index contributed by atoms with van der Waals surface area (Å²) < 4.78 is 14.6. The Morgan fingerprint density at radius 1 is 0.844 bits per heavy atom. The van der Waals surface area contributed by atoms with Crippen LogP contribution in [0.3, 0.4) is 0 Å². The van der Waals surface area contributed by atoms with Crippen LogP contribution in [0.1, 0.15) is 48.0 Å². The van der Waals surface area contributed by atoms with Crippen LogP contribution in [0, 0.1) is 0 Å². The number of hydrogen-bond donors (Lipinski definition) is 1. The molecule has 0 fully saturated rings. The molecule has 1 aliphatic rings. The minimum absolute atomic E-state index is 0. The second kappa shape index (κ2) is 5.21. The Bertz CT molecular complexity index is 1200. The van der Waals surface area contributed by atoms with Gasteiger partial charge in [0.05, 0.1) is 0 Å². The van der Waals surface area contributed by atoms with E-state index in [-0.39, 0.29) is 31.1 Å². The first-order valence-corrected chi connectivity index (χ1v) is 34.0. The minimum atomic E-state index is -6.14. The van der Waals surface area contributed by atoms with Crippen molar-refractivity contribution in [2.45, 2.75) is 85.8 Å². The van der Waals surface area contributed by atoms with E-state index in [0.717, 1.165) is 6.42 Å².